The van der Waals surface area contributed by atoms with Crippen LogP contribution in [-0.4, -0.2) is 44.4 Å². The van der Waals surface area contributed by atoms with Crippen LogP contribution < -0.4 is 4.90 Å². The molecule has 0 radical (unpaired) electrons. The van der Waals surface area contributed by atoms with E-state index in [0.717, 1.165) is 61.4 Å². The second-order valence-corrected chi connectivity index (χ2v) is 13.4. The molecule has 0 spiro atoms. The number of hydrogen-bond acceptors (Lipinski definition) is 5. The summed E-state index contributed by atoms with van der Waals surface area (Å²) >= 11 is 0. The molecule has 7 nitrogen and oxygen atoms in total. The zero-order valence-electron chi connectivity index (χ0n) is 26.4. The van der Waals surface area contributed by atoms with E-state index in [1.54, 1.807) is 0 Å². The van der Waals surface area contributed by atoms with Crippen molar-refractivity contribution in [3.63, 3.8) is 0 Å². The van der Waals surface area contributed by atoms with E-state index in [0.29, 0.717) is 16.9 Å². The molecule has 1 atom stereocenters. The lowest BCUT2D eigenvalue weighted by atomic mass is 9.80. The zero-order chi connectivity index (χ0) is 31.1. The highest BCUT2D eigenvalue weighted by molar-refractivity contribution is 5.79. The molecule has 0 unspecified atom stereocenters. The third-order valence-electron chi connectivity index (χ3n) is 8.78. The van der Waals surface area contributed by atoms with E-state index in [9.17, 15) is 9.90 Å². The van der Waals surface area contributed by atoms with Gasteiger partial charge >= 0.3 is 5.97 Å². The smallest absolute Gasteiger partial charge is 0.337 e. The largest absolute Gasteiger partial charge is 0.479 e. The second-order valence-electron chi connectivity index (χ2n) is 13.4. The number of allylic oxidation sites excluding steroid dienone is 4. The van der Waals surface area contributed by atoms with Crippen LogP contribution in [0.25, 0.3) is 28.0 Å². The molecule has 0 amide bonds. The fraction of sp³-hybridized carbons (Fsp3) is 0.378. The molecular weight excluding hydrogens is 548 g/mol. The van der Waals surface area contributed by atoms with Crippen LogP contribution in [-0.2, 0) is 16.0 Å². The number of benzene rings is 2. The van der Waals surface area contributed by atoms with Gasteiger partial charge in [0, 0.05) is 30.4 Å². The minimum absolute atomic E-state index is 0.0419. The molecule has 1 fully saturated rings. The van der Waals surface area contributed by atoms with E-state index < -0.39 is 17.7 Å². The van der Waals surface area contributed by atoms with Gasteiger partial charge in [0.15, 0.2) is 11.8 Å². The van der Waals surface area contributed by atoms with Crippen molar-refractivity contribution in [1.82, 2.24) is 14.6 Å². The van der Waals surface area contributed by atoms with Crippen LogP contribution in [0.4, 0.5) is 5.82 Å². The van der Waals surface area contributed by atoms with E-state index in [4.69, 9.17) is 14.8 Å². The standard InChI is InChI=1S/C37H42N4O3/c1-25-32(33(35(42)43)44-36(2,3)4)34-40-21-19-37(5,20-22-40)18-11-7-6-8-13-26-14-9-10-17-29(26)27-15-12-16-28(23-27)30-24-31(38-25)41(34)39-30/h6-7,9-12,14-18,23-24,33H,8,13,19-22H2,1-5H3,(H,42,43)/b7-6-,18-11+/t33-/m0/s1. The van der Waals surface area contributed by atoms with Crippen molar-refractivity contribution in [3.05, 3.63) is 95.7 Å². The number of carboxylic acid groups (broad SMARTS) is 1. The summed E-state index contributed by atoms with van der Waals surface area (Å²) in [5.74, 6) is -0.285. The average molecular weight is 591 g/mol. The minimum atomic E-state index is -1.19. The van der Waals surface area contributed by atoms with Crippen LogP contribution in [0, 0.1) is 12.3 Å². The summed E-state index contributed by atoms with van der Waals surface area (Å²) in [6, 6.07) is 19.1. The molecule has 44 heavy (non-hydrogen) atoms. The number of piperidine rings is 1. The van der Waals surface area contributed by atoms with Crippen LogP contribution >= 0.6 is 0 Å². The predicted molar refractivity (Wildman–Crippen MR) is 176 cm³/mol. The van der Waals surface area contributed by atoms with Gasteiger partial charge in [-0.05, 0) is 81.5 Å². The molecule has 5 heterocycles. The number of anilines is 1. The molecule has 228 valence electrons. The molecule has 1 saturated heterocycles. The number of nitrogens with zero attached hydrogens (tertiary/aromatic N) is 4. The molecule has 4 aromatic rings. The monoisotopic (exact) mass is 590 g/mol. The molecule has 7 heteroatoms. The van der Waals surface area contributed by atoms with Crippen molar-refractivity contribution < 1.29 is 14.6 Å². The van der Waals surface area contributed by atoms with Gasteiger partial charge in [0.2, 0.25) is 0 Å². The summed E-state index contributed by atoms with van der Waals surface area (Å²) in [6.45, 7) is 11.4. The molecule has 3 aliphatic rings. The number of aliphatic carboxylic acids is 1. The fourth-order valence-electron chi connectivity index (χ4n) is 6.42. The number of aromatic nitrogens is 3. The van der Waals surface area contributed by atoms with Gasteiger partial charge in [-0.25, -0.2) is 9.78 Å². The lowest BCUT2D eigenvalue weighted by Gasteiger charge is -2.40. The summed E-state index contributed by atoms with van der Waals surface area (Å²) in [6.07, 6.45) is 11.6. The number of aryl methyl sites for hydroxylation is 2. The van der Waals surface area contributed by atoms with Crippen molar-refractivity contribution in [2.75, 3.05) is 18.0 Å². The highest BCUT2D eigenvalue weighted by atomic mass is 16.5. The normalized spacial score (nSPS) is 18.7. The summed E-state index contributed by atoms with van der Waals surface area (Å²) in [5.41, 5.74) is 6.71. The maximum atomic E-state index is 12.8. The number of ether oxygens (including phenoxy) is 1. The van der Waals surface area contributed by atoms with E-state index in [2.05, 4.69) is 84.7 Å². The summed E-state index contributed by atoms with van der Waals surface area (Å²) < 4.78 is 8.04. The quantitative estimate of drug-likeness (QED) is 0.261. The van der Waals surface area contributed by atoms with Gasteiger partial charge in [-0.15, -0.1) is 0 Å². The Labute approximate surface area is 259 Å². The Morgan fingerprint density at radius 3 is 2.52 bits per heavy atom. The van der Waals surface area contributed by atoms with Crippen LogP contribution in [0.1, 0.15) is 69.9 Å². The molecular formula is C37H42N4O3. The SMILES string of the molecule is Cc1nc2cc3nn2c(c1[C@H](OC(C)(C)C)C(=O)O)N1CCC(C)(/C=C/C=C\CCc2ccccc2-c2cccc-3c2)CC1. The third kappa shape index (κ3) is 6.06. The van der Waals surface area contributed by atoms with Gasteiger partial charge in [0.1, 0.15) is 5.82 Å². The Hall–Kier alpha value is -4.23. The molecule has 0 saturated carbocycles. The highest BCUT2D eigenvalue weighted by Gasteiger charge is 2.36. The van der Waals surface area contributed by atoms with Crippen LogP contribution in [0.3, 0.4) is 0 Å². The predicted octanol–water partition coefficient (Wildman–Crippen LogP) is 7.98. The van der Waals surface area contributed by atoms with E-state index in [1.165, 1.54) is 11.1 Å². The van der Waals surface area contributed by atoms with Crippen molar-refractivity contribution in [3.8, 4) is 22.4 Å². The van der Waals surface area contributed by atoms with Crippen molar-refractivity contribution >= 4 is 17.4 Å². The zero-order valence-corrected chi connectivity index (χ0v) is 26.4. The number of fused-ring (bicyclic) bond motifs is 5. The van der Waals surface area contributed by atoms with Gasteiger partial charge in [-0.1, -0.05) is 73.7 Å². The minimum Gasteiger partial charge on any atom is -0.479 e. The number of carboxylic acids is 1. The first-order valence-corrected chi connectivity index (χ1v) is 15.6. The summed E-state index contributed by atoms with van der Waals surface area (Å²) in [5, 5.41) is 15.6. The van der Waals surface area contributed by atoms with E-state index >= 15 is 0 Å². The Balaban J connectivity index is 1.57. The summed E-state index contributed by atoms with van der Waals surface area (Å²) in [7, 11) is 0. The first-order chi connectivity index (χ1) is 21.0. The second kappa shape index (κ2) is 11.7. The van der Waals surface area contributed by atoms with Crippen molar-refractivity contribution in [1.29, 1.82) is 0 Å². The van der Waals surface area contributed by atoms with Gasteiger partial charge < -0.3 is 14.7 Å². The molecule has 3 aliphatic heterocycles. The van der Waals surface area contributed by atoms with Crippen LogP contribution in [0.5, 0.6) is 0 Å². The Morgan fingerprint density at radius 2 is 1.77 bits per heavy atom. The molecule has 1 N–H and O–H groups in total. The van der Waals surface area contributed by atoms with E-state index in [-0.39, 0.29) is 5.41 Å². The Kier molecular flexibility index (Phi) is 7.93. The molecule has 7 rings (SSSR count). The molecule has 2 aromatic carbocycles. The Morgan fingerprint density at radius 1 is 1.02 bits per heavy atom. The lowest BCUT2D eigenvalue weighted by Crippen LogP contribution is -2.40. The third-order valence-corrected chi connectivity index (χ3v) is 8.78. The van der Waals surface area contributed by atoms with Gasteiger partial charge in [-0.3, -0.25) is 0 Å². The van der Waals surface area contributed by atoms with Crippen molar-refractivity contribution in [2.45, 2.75) is 72.0 Å². The number of carbonyl (C=O) groups is 1. The van der Waals surface area contributed by atoms with Crippen LogP contribution in [0.15, 0.2) is 78.9 Å². The molecule has 2 aromatic heterocycles. The van der Waals surface area contributed by atoms with Crippen molar-refractivity contribution in [2.24, 2.45) is 5.41 Å². The lowest BCUT2D eigenvalue weighted by molar-refractivity contribution is -0.160. The van der Waals surface area contributed by atoms with Crippen LogP contribution in [0.2, 0.25) is 0 Å². The van der Waals surface area contributed by atoms with Gasteiger partial charge in [-0.2, -0.15) is 9.61 Å². The fourth-order valence-corrected chi connectivity index (χ4v) is 6.42. The first kappa shape index (κ1) is 29.8. The average Bonchev–Trinajstić information content (AvgIpc) is 3.41. The Bertz CT molecular complexity index is 1750. The molecule has 0 aliphatic carbocycles. The maximum absolute atomic E-state index is 12.8. The first-order valence-electron chi connectivity index (χ1n) is 15.6. The molecule has 6 bridgehead atoms. The van der Waals surface area contributed by atoms with Gasteiger partial charge in [0.25, 0.3) is 0 Å². The highest BCUT2D eigenvalue weighted by Crippen LogP contribution is 2.40. The topological polar surface area (TPSA) is 80.0 Å². The van der Waals surface area contributed by atoms with Gasteiger partial charge in [0.05, 0.1) is 16.9 Å². The van der Waals surface area contributed by atoms with E-state index in [1.807, 2.05) is 38.3 Å². The number of rotatable bonds is 3. The summed E-state index contributed by atoms with van der Waals surface area (Å²) in [4.78, 5) is 20.0. The number of hydrogen-bond donors (Lipinski definition) is 1. The maximum Gasteiger partial charge on any atom is 0.337 e.